The van der Waals surface area contributed by atoms with Gasteiger partial charge in [-0.15, -0.1) is 0 Å². The molecule has 0 aliphatic rings. The Morgan fingerprint density at radius 3 is 2.68 bits per heavy atom. The van der Waals surface area contributed by atoms with E-state index in [9.17, 15) is 0 Å². The molecule has 22 heavy (non-hydrogen) atoms. The van der Waals surface area contributed by atoms with Crippen molar-refractivity contribution in [3.8, 4) is 0 Å². The third-order valence-corrected chi connectivity index (χ3v) is 3.97. The van der Waals surface area contributed by atoms with Crippen LogP contribution in [0.3, 0.4) is 0 Å². The van der Waals surface area contributed by atoms with Gasteiger partial charge in [0, 0.05) is 30.0 Å². The number of ether oxygens (including phenoxy) is 2. The SMILES string of the molecule is COC(Cn1cncn1)(OC)c1occ2cc(Cl)cc(Cl)c12. The molecule has 2 aromatic heterocycles. The first-order valence-corrected chi connectivity index (χ1v) is 7.14. The average Bonchev–Trinajstić information content (AvgIpc) is 3.14. The molecule has 0 bridgehead atoms. The summed E-state index contributed by atoms with van der Waals surface area (Å²) >= 11 is 12.3. The maximum atomic E-state index is 6.32. The highest BCUT2D eigenvalue weighted by molar-refractivity contribution is 6.38. The predicted octanol–water partition coefficient (Wildman–Crippen LogP) is 3.48. The first kappa shape index (κ1) is 15.3. The van der Waals surface area contributed by atoms with E-state index in [0.717, 1.165) is 5.39 Å². The molecule has 3 rings (SSSR count). The highest BCUT2D eigenvalue weighted by Gasteiger charge is 2.39. The van der Waals surface area contributed by atoms with Gasteiger partial charge in [-0.05, 0) is 12.1 Å². The fourth-order valence-electron chi connectivity index (χ4n) is 2.38. The van der Waals surface area contributed by atoms with Gasteiger partial charge in [0.05, 0.1) is 11.3 Å². The Morgan fingerprint density at radius 1 is 1.27 bits per heavy atom. The van der Waals surface area contributed by atoms with Crippen LogP contribution in [0.5, 0.6) is 0 Å². The van der Waals surface area contributed by atoms with Crippen LogP contribution in [0.4, 0.5) is 0 Å². The zero-order valence-corrected chi connectivity index (χ0v) is 13.4. The van der Waals surface area contributed by atoms with Gasteiger partial charge in [0.1, 0.15) is 19.2 Å². The minimum absolute atomic E-state index is 0.252. The molecule has 1 aromatic carbocycles. The largest absolute Gasteiger partial charge is 0.462 e. The molecule has 3 aromatic rings. The van der Waals surface area contributed by atoms with Gasteiger partial charge in [0.25, 0.3) is 0 Å². The summed E-state index contributed by atoms with van der Waals surface area (Å²) in [4.78, 5) is 3.91. The molecule has 0 amide bonds. The van der Waals surface area contributed by atoms with Gasteiger partial charge in [-0.1, -0.05) is 23.2 Å². The van der Waals surface area contributed by atoms with Crippen LogP contribution in [0.15, 0.2) is 35.5 Å². The van der Waals surface area contributed by atoms with E-state index in [-0.39, 0.29) is 6.54 Å². The smallest absolute Gasteiger partial charge is 0.248 e. The second-order valence-electron chi connectivity index (χ2n) is 4.67. The standard InChI is InChI=1S/C14H13Cl2N3O3/c1-20-14(21-2,6-19-8-17-7-18-19)13-12-9(5-22-13)3-10(15)4-11(12)16/h3-5,7-8H,6H2,1-2H3. The number of aromatic nitrogens is 3. The molecule has 0 saturated heterocycles. The highest BCUT2D eigenvalue weighted by atomic mass is 35.5. The van der Waals surface area contributed by atoms with E-state index < -0.39 is 5.79 Å². The number of furan rings is 1. The minimum Gasteiger partial charge on any atom is -0.462 e. The number of nitrogens with zero attached hydrogens (tertiary/aromatic N) is 3. The fourth-order valence-corrected chi connectivity index (χ4v) is 2.98. The Bertz CT molecular complexity index is 782. The second kappa shape index (κ2) is 5.89. The summed E-state index contributed by atoms with van der Waals surface area (Å²) in [5, 5.41) is 6.52. The van der Waals surface area contributed by atoms with E-state index in [1.54, 1.807) is 29.4 Å². The number of hydrogen-bond donors (Lipinski definition) is 0. The van der Waals surface area contributed by atoms with Gasteiger partial charge < -0.3 is 13.9 Å². The summed E-state index contributed by atoms with van der Waals surface area (Å²) in [5.41, 5.74) is 0. The topological polar surface area (TPSA) is 62.3 Å². The highest BCUT2D eigenvalue weighted by Crippen LogP contribution is 2.39. The quantitative estimate of drug-likeness (QED) is 0.665. The van der Waals surface area contributed by atoms with Crippen LogP contribution in [0.25, 0.3) is 10.8 Å². The Kier molecular flexibility index (Phi) is 4.10. The number of fused-ring (bicyclic) bond motifs is 1. The molecule has 0 spiro atoms. The third-order valence-electron chi connectivity index (χ3n) is 3.46. The van der Waals surface area contributed by atoms with Crippen molar-refractivity contribution in [2.75, 3.05) is 14.2 Å². The van der Waals surface area contributed by atoms with Crippen LogP contribution in [-0.2, 0) is 21.8 Å². The van der Waals surface area contributed by atoms with Crippen molar-refractivity contribution < 1.29 is 13.9 Å². The predicted molar refractivity (Wildman–Crippen MR) is 82.0 cm³/mol. The fraction of sp³-hybridized carbons (Fsp3) is 0.286. The molecular weight excluding hydrogens is 329 g/mol. The van der Waals surface area contributed by atoms with Crippen molar-refractivity contribution >= 4 is 34.0 Å². The molecular formula is C14H13Cl2N3O3. The van der Waals surface area contributed by atoms with Gasteiger partial charge in [-0.3, -0.25) is 0 Å². The second-order valence-corrected chi connectivity index (χ2v) is 5.51. The monoisotopic (exact) mass is 341 g/mol. The zero-order valence-electron chi connectivity index (χ0n) is 11.9. The van der Waals surface area contributed by atoms with Crippen LogP contribution in [0.2, 0.25) is 10.0 Å². The van der Waals surface area contributed by atoms with Crippen LogP contribution in [0.1, 0.15) is 5.76 Å². The van der Waals surface area contributed by atoms with Crippen molar-refractivity contribution in [3.63, 3.8) is 0 Å². The van der Waals surface area contributed by atoms with E-state index in [0.29, 0.717) is 21.2 Å². The minimum atomic E-state index is -1.19. The number of halogens is 2. The van der Waals surface area contributed by atoms with Gasteiger partial charge in [0.15, 0.2) is 5.76 Å². The van der Waals surface area contributed by atoms with Crippen LogP contribution in [0, 0.1) is 0 Å². The van der Waals surface area contributed by atoms with Gasteiger partial charge in [-0.2, -0.15) is 5.10 Å². The lowest BCUT2D eigenvalue weighted by Crippen LogP contribution is -2.36. The van der Waals surface area contributed by atoms with E-state index in [4.69, 9.17) is 37.1 Å². The molecule has 0 aliphatic carbocycles. The lowest BCUT2D eigenvalue weighted by molar-refractivity contribution is -0.235. The molecule has 8 heteroatoms. The van der Waals surface area contributed by atoms with E-state index in [1.807, 2.05) is 0 Å². The zero-order chi connectivity index (χ0) is 15.7. The summed E-state index contributed by atoms with van der Waals surface area (Å²) in [6, 6.07) is 3.41. The van der Waals surface area contributed by atoms with Gasteiger partial charge >= 0.3 is 0 Å². The third kappa shape index (κ3) is 2.48. The molecule has 6 nitrogen and oxygen atoms in total. The molecule has 0 N–H and O–H groups in total. The summed E-state index contributed by atoms with van der Waals surface area (Å²) < 4.78 is 18.5. The molecule has 0 radical (unpaired) electrons. The first-order valence-electron chi connectivity index (χ1n) is 6.39. The first-order chi connectivity index (χ1) is 10.6. The number of methoxy groups -OCH3 is 2. The van der Waals surface area contributed by atoms with Crippen LogP contribution < -0.4 is 0 Å². The van der Waals surface area contributed by atoms with Crippen molar-refractivity contribution in [1.29, 1.82) is 0 Å². The van der Waals surface area contributed by atoms with E-state index in [1.165, 1.54) is 20.5 Å². The van der Waals surface area contributed by atoms with Gasteiger partial charge in [-0.25, -0.2) is 9.67 Å². The van der Waals surface area contributed by atoms with Gasteiger partial charge in [0.2, 0.25) is 5.79 Å². The molecule has 116 valence electrons. The normalized spacial score (nSPS) is 12.2. The van der Waals surface area contributed by atoms with Crippen LogP contribution in [-0.4, -0.2) is 29.0 Å². The summed E-state index contributed by atoms with van der Waals surface area (Å²) in [7, 11) is 3.05. The van der Waals surface area contributed by atoms with E-state index >= 15 is 0 Å². The summed E-state index contributed by atoms with van der Waals surface area (Å²) in [6.07, 6.45) is 4.57. The Labute approximate surface area is 136 Å². The lowest BCUT2D eigenvalue weighted by atomic mass is 10.1. The molecule has 2 heterocycles. The number of benzene rings is 1. The maximum absolute atomic E-state index is 6.32. The average molecular weight is 342 g/mol. The Balaban J connectivity index is 2.16. The molecule has 0 fully saturated rings. The molecule has 0 saturated carbocycles. The van der Waals surface area contributed by atoms with E-state index in [2.05, 4.69) is 10.1 Å². The number of hydrogen-bond acceptors (Lipinski definition) is 5. The lowest BCUT2D eigenvalue weighted by Gasteiger charge is -2.28. The van der Waals surface area contributed by atoms with Crippen molar-refractivity contribution in [3.05, 3.63) is 46.9 Å². The number of rotatable bonds is 5. The Hall–Kier alpha value is -1.60. The molecule has 0 aliphatic heterocycles. The van der Waals surface area contributed by atoms with Crippen molar-refractivity contribution in [2.24, 2.45) is 0 Å². The van der Waals surface area contributed by atoms with Crippen LogP contribution >= 0.6 is 23.2 Å². The molecule has 0 atom stereocenters. The summed E-state index contributed by atoms with van der Waals surface area (Å²) in [6.45, 7) is 0.252. The Morgan fingerprint density at radius 2 is 2.05 bits per heavy atom. The van der Waals surface area contributed by atoms with Crippen molar-refractivity contribution in [2.45, 2.75) is 12.3 Å². The summed E-state index contributed by atoms with van der Waals surface area (Å²) in [5.74, 6) is -0.739. The molecule has 0 unspecified atom stereocenters. The maximum Gasteiger partial charge on any atom is 0.248 e. The van der Waals surface area contributed by atoms with Crippen molar-refractivity contribution in [1.82, 2.24) is 14.8 Å².